The maximum atomic E-state index is 13.2. The smallest absolute Gasteiger partial charge is 0.258 e. The molecule has 1 aromatic carbocycles. The second-order valence-corrected chi connectivity index (χ2v) is 9.52. The minimum absolute atomic E-state index is 0.214. The minimum atomic E-state index is -0.229. The van der Waals surface area contributed by atoms with Crippen LogP contribution >= 0.6 is 0 Å². The Bertz CT molecular complexity index is 1130. The lowest BCUT2D eigenvalue weighted by atomic mass is 9.73. The molecule has 0 unspecified atom stereocenters. The van der Waals surface area contributed by atoms with Crippen molar-refractivity contribution in [1.29, 1.82) is 0 Å². The van der Waals surface area contributed by atoms with Gasteiger partial charge in [-0.3, -0.25) is 4.79 Å². The van der Waals surface area contributed by atoms with Crippen molar-refractivity contribution in [3.8, 4) is 11.1 Å². The molecule has 170 valence electrons. The quantitative estimate of drug-likeness (QED) is 0.621. The van der Waals surface area contributed by atoms with E-state index in [9.17, 15) is 4.79 Å². The molecule has 3 aromatic rings. The molecule has 5 rings (SSSR count). The molecular weight excluding hydrogens is 412 g/mol. The fraction of sp³-hybridized carbons (Fsp3) is 0.385. The largest absolute Gasteiger partial charge is 0.353 e. The van der Waals surface area contributed by atoms with Crippen molar-refractivity contribution in [1.82, 2.24) is 19.9 Å². The van der Waals surface area contributed by atoms with Gasteiger partial charge in [0, 0.05) is 61.7 Å². The van der Waals surface area contributed by atoms with Crippen molar-refractivity contribution < 1.29 is 4.79 Å². The topological polar surface area (TPSA) is 74.2 Å². The molecule has 1 amide bonds. The fourth-order valence-electron chi connectivity index (χ4n) is 4.85. The molecule has 0 aliphatic carbocycles. The SMILES string of the molecule is CCN1CC2(C1)CN(c1nccc(-c3ccccc3)c1NC(=O)c1cnc(C(C)C)nc1)C2. The zero-order chi connectivity index (χ0) is 23.0. The van der Waals surface area contributed by atoms with E-state index in [2.05, 4.69) is 44.1 Å². The van der Waals surface area contributed by atoms with E-state index in [4.69, 9.17) is 4.98 Å². The van der Waals surface area contributed by atoms with Crippen LogP contribution in [0.3, 0.4) is 0 Å². The van der Waals surface area contributed by atoms with Gasteiger partial charge >= 0.3 is 0 Å². The molecule has 2 aliphatic heterocycles. The maximum Gasteiger partial charge on any atom is 0.258 e. The van der Waals surface area contributed by atoms with Gasteiger partial charge < -0.3 is 15.1 Å². The molecule has 0 atom stereocenters. The molecule has 2 saturated heterocycles. The Morgan fingerprint density at radius 1 is 1.03 bits per heavy atom. The summed E-state index contributed by atoms with van der Waals surface area (Å²) in [6, 6.07) is 12.1. The summed E-state index contributed by atoms with van der Waals surface area (Å²) >= 11 is 0. The standard InChI is InChI=1S/C26H30N6O/c1-4-31-14-26(15-31)16-32(17-26)24-22(21(10-11-27-24)19-8-6-5-7-9-19)30-25(33)20-12-28-23(18(2)3)29-13-20/h5-13,18H,4,14-17H2,1-3H3,(H,30,33). The van der Waals surface area contributed by atoms with Gasteiger partial charge in [-0.2, -0.15) is 0 Å². The Labute approximate surface area is 194 Å². The van der Waals surface area contributed by atoms with Gasteiger partial charge in [-0.25, -0.2) is 15.0 Å². The molecule has 0 radical (unpaired) electrons. The molecule has 33 heavy (non-hydrogen) atoms. The molecule has 1 N–H and O–H groups in total. The van der Waals surface area contributed by atoms with E-state index < -0.39 is 0 Å². The first-order chi connectivity index (χ1) is 16.0. The van der Waals surface area contributed by atoms with Crippen LogP contribution in [0.25, 0.3) is 11.1 Å². The molecule has 0 saturated carbocycles. The lowest BCUT2D eigenvalue weighted by Crippen LogP contribution is -2.72. The maximum absolute atomic E-state index is 13.2. The normalized spacial score (nSPS) is 17.0. The molecule has 7 heteroatoms. The molecular formula is C26H30N6O. The van der Waals surface area contributed by atoms with Crippen LogP contribution < -0.4 is 10.2 Å². The highest BCUT2D eigenvalue weighted by atomic mass is 16.1. The first-order valence-corrected chi connectivity index (χ1v) is 11.6. The Hall–Kier alpha value is -3.32. The Balaban J connectivity index is 1.44. The number of hydrogen-bond acceptors (Lipinski definition) is 6. The van der Waals surface area contributed by atoms with Crippen LogP contribution in [0.5, 0.6) is 0 Å². The van der Waals surface area contributed by atoms with Crippen molar-refractivity contribution in [2.45, 2.75) is 26.7 Å². The molecule has 4 heterocycles. The van der Waals surface area contributed by atoms with Gasteiger partial charge in [-0.15, -0.1) is 0 Å². The number of carbonyl (C=O) groups is 1. The van der Waals surface area contributed by atoms with Crippen LogP contribution in [0.4, 0.5) is 11.5 Å². The highest BCUT2D eigenvalue weighted by Gasteiger charge is 2.51. The average Bonchev–Trinajstić information content (AvgIpc) is 2.78. The highest BCUT2D eigenvalue weighted by molar-refractivity contribution is 6.08. The monoisotopic (exact) mass is 442 g/mol. The lowest BCUT2D eigenvalue weighted by molar-refractivity contribution is -0.0180. The van der Waals surface area contributed by atoms with E-state index in [-0.39, 0.29) is 11.8 Å². The molecule has 7 nitrogen and oxygen atoms in total. The van der Waals surface area contributed by atoms with E-state index >= 15 is 0 Å². The Kier molecular flexibility index (Phi) is 5.58. The summed E-state index contributed by atoms with van der Waals surface area (Å²) in [4.78, 5) is 31.4. The van der Waals surface area contributed by atoms with Crippen molar-refractivity contribution in [2.24, 2.45) is 5.41 Å². The van der Waals surface area contributed by atoms with Crippen LogP contribution in [-0.2, 0) is 0 Å². The summed E-state index contributed by atoms with van der Waals surface area (Å²) in [6.07, 6.45) is 5.03. The third-order valence-electron chi connectivity index (χ3n) is 6.62. The zero-order valence-electron chi connectivity index (χ0n) is 19.5. The third kappa shape index (κ3) is 4.09. The average molecular weight is 443 g/mol. The van der Waals surface area contributed by atoms with Crippen LogP contribution in [0, 0.1) is 5.41 Å². The van der Waals surface area contributed by atoms with Crippen LogP contribution in [0.1, 0.15) is 42.9 Å². The third-order valence-corrected chi connectivity index (χ3v) is 6.62. The summed E-state index contributed by atoms with van der Waals surface area (Å²) in [6.45, 7) is 11.6. The highest BCUT2D eigenvalue weighted by Crippen LogP contribution is 2.45. The first-order valence-electron chi connectivity index (χ1n) is 11.6. The van der Waals surface area contributed by atoms with E-state index in [1.54, 1.807) is 12.4 Å². The molecule has 2 fully saturated rings. The van der Waals surface area contributed by atoms with E-state index in [1.807, 2.05) is 44.3 Å². The number of rotatable bonds is 6. The van der Waals surface area contributed by atoms with E-state index in [0.717, 1.165) is 61.2 Å². The second-order valence-electron chi connectivity index (χ2n) is 9.52. The number of hydrogen-bond donors (Lipinski definition) is 1. The van der Waals surface area contributed by atoms with Gasteiger partial charge in [-0.1, -0.05) is 51.1 Å². The number of nitrogens with zero attached hydrogens (tertiary/aromatic N) is 5. The number of carbonyl (C=O) groups excluding carboxylic acids is 1. The molecule has 0 bridgehead atoms. The van der Waals surface area contributed by atoms with E-state index in [1.165, 1.54) is 0 Å². The Morgan fingerprint density at radius 2 is 1.73 bits per heavy atom. The molecule has 2 aliphatic rings. The zero-order valence-corrected chi connectivity index (χ0v) is 19.5. The predicted molar refractivity (Wildman–Crippen MR) is 131 cm³/mol. The van der Waals surface area contributed by atoms with Gasteiger partial charge in [0.15, 0.2) is 5.82 Å². The van der Waals surface area contributed by atoms with Crippen molar-refractivity contribution >= 4 is 17.4 Å². The van der Waals surface area contributed by atoms with Crippen LogP contribution in [-0.4, -0.2) is 58.5 Å². The van der Waals surface area contributed by atoms with Gasteiger partial charge in [0.1, 0.15) is 5.82 Å². The van der Waals surface area contributed by atoms with Crippen LogP contribution in [0.2, 0.25) is 0 Å². The molecule has 1 spiro atoms. The van der Waals surface area contributed by atoms with Gasteiger partial charge in [0.2, 0.25) is 0 Å². The van der Waals surface area contributed by atoms with E-state index in [0.29, 0.717) is 11.0 Å². The summed E-state index contributed by atoms with van der Waals surface area (Å²) in [7, 11) is 0. The number of aromatic nitrogens is 3. The summed E-state index contributed by atoms with van der Waals surface area (Å²) < 4.78 is 0. The molecule has 2 aromatic heterocycles. The number of amides is 1. The number of anilines is 2. The number of nitrogens with one attached hydrogen (secondary N) is 1. The number of likely N-dealkylation sites (tertiary alicyclic amines) is 1. The predicted octanol–water partition coefficient (Wildman–Crippen LogP) is 4.06. The summed E-state index contributed by atoms with van der Waals surface area (Å²) in [5.41, 5.74) is 3.54. The van der Waals surface area contributed by atoms with Gasteiger partial charge in [0.05, 0.1) is 11.3 Å². The summed E-state index contributed by atoms with van der Waals surface area (Å²) in [5.74, 6) is 1.54. The number of benzene rings is 1. The fourth-order valence-corrected chi connectivity index (χ4v) is 4.85. The lowest BCUT2D eigenvalue weighted by Gasteiger charge is -2.60. The van der Waals surface area contributed by atoms with Crippen LogP contribution in [0.15, 0.2) is 55.0 Å². The Morgan fingerprint density at radius 3 is 2.36 bits per heavy atom. The van der Waals surface area contributed by atoms with Crippen molar-refractivity contribution in [3.05, 3.63) is 66.4 Å². The van der Waals surface area contributed by atoms with Gasteiger partial charge in [0.25, 0.3) is 5.91 Å². The minimum Gasteiger partial charge on any atom is -0.353 e. The van der Waals surface area contributed by atoms with Crippen molar-refractivity contribution in [2.75, 3.05) is 42.9 Å². The second kappa shape index (κ2) is 8.56. The summed E-state index contributed by atoms with van der Waals surface area (Å²) in [5, 5.41) is 3.14. The first kappa shape index (κ1) is 21.5. The number of pyridine rings is 1. The van der Waals surface area contributed by atoms with Gasteiger partial charge in [-0.05, 0) is 18.2 Å². The van der Waals surface area contributed by atoms with Crippen molar-refractivity contribution in [3.63, 3.8) is 0 Å².